The molecule has 0 fully saturated rings. The van der Waals surface area contributed by atoms with E-state index in [0.29, 0.717) is 18.8 Å². The van der Waals surface area contributed by atoms with Gasteiger partial charge in [0.25, 0.3) is 0 Å². The van der Waals surface area contributed by atoms with Crippen molar-refractivity contribution in [2.45, 2.75) is 46.5 Å². The molecule has 0 aliphatic heterocycles. The third-order valence-electron chi connectivity index (χ3n) is 5.26. The summed E-state index contributed by atoms with van der Waals surface area (Å²) in [6.07, 6.45) is 3.07. The smallest absolute Gasteiger partial charge is 0.245 e. The maximum absolute atomic E-state index is 12.9. The van der Waals surface area contributed by atoms with Crippen molar-refractivity contribution in [3.05, 3.63) is 66.2 Å². The normalized spacial score (nSPS) is 10.7. The molecule has 1 N–H and O–H groups in total. The number of benzene rings is 2. The Morgan fingerprint density at radius 2 is 1.72 bits per heavy atom. The highest BCUT2D eigenvalue weighted by atomic mass is 16.2. The van der Waals surface area contributed by atoms with Gasteiger partial charge in [-0.05, 0) is 31.9 Å². The van der Waals surface area contributed by atoms with E-state index in [1.165, 1.54) is 0 Å². The second kappa shape index (κ2) is 11.3. The average molecular weight is 433 g/mol. The number of hydrogen-bond donors (Lipinski definition) is 1. The number of rotatable bonds is 10. The summed E-state index contributed by atoms with van der Waals surface area (Å²) >= 11 is 0. The fourth-order valence-electron chi connectivity index (χ4n) is 3.47. The summed E-state index contributed by atoms with van der Waals surface area (Å²) in [6.45, 7) is 6.71. The SMILES string of the molecule is CCCCN(CC(=O)Nc1cc(-c2ccccc2)nn1-c1ccc(C)cc1)C(=O)CCC. The lowest BCUT2D eigenvalue weighted by Gasteiger charge is -2.22. The van der Waals surface area contributed by atoms with Gasteiger partial charge in [0.05, 0.1) is 17.9 Å². The molecule has 0 unspecified atom stereocenters. The molecule has 3 rings (SSSR count). The zero-order chi connectivity index (χ0) is 22.9. The lowest BCUT2D eigenvalue weighted by molar-refractivity contribution is -0.134. The standard InChI is InChI=1S/C26H32N4O2/c1-4-6-17-29(26(32)10-5-2)19-25(31)27-24-18-23(21-11-8-7-9-12-21)28-30(24)22-15-13-20(3)14-16-22/h7-9,11-16,18H,4-6,10,17,19H2,1-3H3,(H,27,31). The van der Waals surface area contributed by atoms with Crippen LogP contribution in [0.2, 0.25) is 0 Å². The lowest BCUT2D eigenvalue weighted by atomic mass is 10.1. The van der Waals surface area contributed by atoms with Gasteiger partial charge in [0.2, 0.25) is 11.8 Å². The van der Waals surface area contributed by atoms with Gasteiger partial charge in [0.1, 0.15) is 5.82 Å². The van der Waals surface area contributed by atoms with Crippen LogP contribution in [-0.4, -0.2) is 39.6 Å². The van der Waals surface area contributed by atoms with Crippen LogP contribution in [0.15, 0.2) is 60.7 Å². The molecule has 2 aromatic carbocycles. The van der Waals surface area contributed by atoms with Crippen LogP contribution in [0.4, 0.5) is 5.82 Å². The molecule has 0 bridgehead atoms. The number of carbonyl (C=O) groups is 2. The Bertz CT molecular complexity index is 1030. The summed E-state index contributed by atoms with van der Waals surface area (Å²) in [6, 6.07) is 19.7. The van der Waals surface area contributed by atoms with Crippen molar-refractivity contribution in [1.29, 1.82) is 0 Å². The number of unbranched alkanes of at least 4 members (excludes halogenated alkanes) is 1. The fraction of sp³-hybridized carbons (Fsp3) is 0.346. The van der Waals surface area contributed by atoms with Crippen molar-refractivity contribution in [2.75, 3.05) is 18.4 Å². The molecular formula is C26H32N4O2. The molecule has 0 spiro atoms. The Hall–Kier alpha value is -3.41. The molecule has 1 heterocycles. The Morgan fingerprint density at radius 3 is 2.38 bits per heavy atom. The van der Waals surface area contributed by atoms with Crippen molar-refractivity contribution in [1.82, 2.24) is 14.7 Å². The van der Waals surface area contributed by atoms with Crippen LogP contribution in [0.5, 0.6) is 0 Å². The van der Waals surface area contributed by atoms with E-state index >= 15 is 0 Å². The molecule has 1 aromatic heterocycles. The maximum atomic E-state index is 12.9. The number of nitrogens with zero attached hydrogens (tertiary/aromatic N) is 3. The molecule has 0 aliphatic carbocycles. The van der Waals surface area contributed by atoms with E-state index in [-0.39, 0.29) is 18.4 Å². The number of aromatic nitrogens is 2. The first-order valence-corrected chi connectivity index (χ1v) is 11.3. The fourth-order valence-corrected chi connectivity index (χ4v) is 3.47. The van der Waals surface area contributed by atoms with Crippen LogP contribution in [-0.2, 0) is 9.59 Å². The average Bonchev–Trinajstić information content (AvgIpc) is 3.21. The highest BCUT2D eigenvalue weighted by Gasteiger charge is 2.19. The number of anilines is 1. The predicted octanol–water partition coefficient (Wildman–Crippen LogP) is 5.22. The minimum absolute atomic E-state index is 0.0214. The van der Waals surface area contributed by atoms with Gasteiger partial charge < -0.3 is 10.2 Å². The summed E-state index contributed by atoms with van der Waals surface area (Å²) in [5, 5.41) is 7.73. The van der Waals surface area contributed by atoms with Gasteiger partial charge in [-0.2, -0.15) is 5.10 Å². The third-order valence-corrected chi connectivity index (χ3v) is 5.26. The van der Waals surface area contributed by atoms with E-state index in [1.54, 1.807) is 9.58 Å². The highest BCUT2D eigenvalue weighted by molar-refractivity contribution is 5.94. The molecule has 6 nitrogen and oxygen atoms in total. The van der Waals surface area contributed by atoms with Crippen molar-refractivity contribution in [3.8, 4) is 16.9 Å². The molecule has 32 heavy (non-hydrogen) atoms. The molecule has 2 amide bonds. The highest BCUT2D eigenvalue weighted by Crippen LogP contribution is 2.25. The molecule has 6 heteroatoms. The quantitative estimate of drug-likeness (QED) is 0.478. The molecule has 0 saturated carbocycles. The van der Waals surface area contributed by atoms with Gasteiger partial charge >= 0.3 is 0 Å². The van der Waals surface area contributed by atoms with E-state index in [4.69, 9.17) is 5.10 Å². The largest absolute Gasteiger partial charge is 0.333 e. The number of nitrogens with one attached hydrogen (secondary N) is 1. The molecule has 0 aliphatic rings. The summed E-state index contributed by atoms with van der Waals surface area (Å²) < 4.78 is 1.74. The minimum Gasteiger partial charge on any atom is -0.333 e. The molecule has 0 atom stereocenters. The van der Waals surface area contributed by atoms with Gasteiger partial charge in [-0.3, -0.25) is 9.59 Å². The summed E-state index contributed by atoms with van der Waals surface area (Å²) in [5.74, 6) is 0.377. The van der Waals surface area contributed by atoms with Gasteiger partial charge in [0.15, 0.2) is 0 Å². The van der Waals surface area contributed by atoms with Crippen LogP contribution >= 0.6 is 0 Å². The van der Waals surface area contributed by atoms with Crippen molar-refractivity contribution in [2.24, 2.45) is 0 Å². The van der Waals surface area contributed by atoms with Crippen LogP contribution in [0.3, 0.4) is 0 Å². The Morgan fingerprint density at radius 1 is 1.00 bits per heavy atom. The Labute approximate surface area is 190 Å². The van der Waals surface area contributed by atoms with Crippen LogP contribution in [0, 0.1) is 6.92 Å². The zero-order valence-electron chi connectivity index (χ0n) is 19.2. The second-order valence-electron chi connectivity index (χ2n) is 8.00. The van der Waals surface area contributed by atoms with Gasteiger partial charge in [0, 0.05) is 24.6 Å². The Kier molecular flexibility index (Phi) is 8.20. The van der Waals surface area contributed by atoms with Gasteiger partial charge in [-0.1, -0.05) is 68.3 Å². The first-order valence-electron chi connectivity index (χ1n) is 11.3. The number of amides is 2. The zero-order valence-corrected chi connectivity index (χ0v) is 19.2. The first-order chi connectivity index (χ1) is 15.5. The maximum Gasteiger partial charge on any atom is 0.245 e. The monoisotopic (exact) mass is 432 g/mol. The Balaban J connectivity index is 1.86. The van der Waals surface area contributed by atoms with E-state index in [9.17, 15) is 9.59 Å². The predicted molar refractivity (Wildman–Crippen MR) is 129 cm³/mol. The lowest BCUT2D eigenvalue weighted by Crippen LogP contribution is -2.38. The third kappa shape index (κ3) is 6.06. The number of aryl methyl sites for hydroxylation is 1. The summed E-state index contributed by atoms with van der Waals surface area (Å²) in [5.41, 5.74) is 3.75. The van der Waals surface area contributed by atoms with Crippen LogP contribution < -0.4 is 5.32 Å². The van der Waals surface area contributed by atoms with E-state index < -0.39 is 0 Å². The molecule has 0 saturated heterocycles. The molecule has 0 radical (unpaired) electrons. The van der Waals surface area contributed by atoms with Gasteiger partial charge in [-0.25, -0.2) is 4.68 Å². The van der Waals surface area contributed by atoms with E-state index in [1.807, 2.05) is 74.5 Å². The minimum atomic E-state index is -0.224. The summed E-state index contributed by atoms with van der Waals surface area (Å²) in [4.78, 5) is 27.1. The van der Waals surface area contributed by atoms with Crippen molar-refractivity contribution >= 4 is 17.6 Å². The van der Waals surface area contributed by atoms with E-state index in [2.05, 4.69) is 12.2 Å². The summed E-state index contributed by atoms with van der Waals surface area (Å²) in [7, 11) is 0. The first kappa shape index (κ1) is 23.3. The van der Waals surface area contributed by atoms with Gasteiger partial charge in [-0.15, -0.1) is 0 Å². The van der Waals surface area contributed by atoms with Crippen molar-refractivity contribution < 1.29 is 9.59 Å². The van der Waals surface area contributed by atoms with Crippen molar-refractivity contribution in [3.63, 3.8) is 0 Å². The topological polar surface area (TPSA) is 67.2 Å². The number of hydrogen-bond acceptors (Lipinski definition) is 3. The van der Waals surface area contributed by atoms with Crippen LogP contribution in [0.1, 0.15) is 45.1 Å². The van der Waals surface area contributed by atoms with E-state index in [0.717, 1.165) is 41.8 Å². The molecule has 3 aromatic rings. The van der Waals surface area contributed by atoms with Crippen LogP contribution in [0.25, 0.3) is 16.9 Å². The second-order valence-corrected chi connectivity index (χ2v) is 8.00. The molecule has 168 valence electrons. The number of carbonyl (C=O) groups excluding carboxylic acids is 2. The molecular weight excluding hydrogens is 400 g/mol.